The molecule has 0 aromatic heterocycles. The molecule has 0 atom stereocenters. The number of hydrogen-bond acceptors (Lipinski definition) is 0. The van der Waals surface area contributed by atoms with Crippen LogP contribution in [0.2, 0.25) is 0 Å². The van der Waals surface area contributed by atoms with Gasteiger partial charge in [0.05, 0.1) is 13.1 Å². The molecule has 0 unspecified atom stereocenters. The summed E-state index contributed by atoms with van der Waals surface area (Å²) in [5, 5.41) is 2.39. The molecule has 0 radical (unpaired) electrons. The summed E-state index contributed by atoms with van der Waals surface area (Å²) in [6.07, 6.45) is 4.36. The third kappa shape index (κ3) is 7.67. The SMILES string of the molecule is C1CC[NH2+]CC1.[Rb+].[Rb+]. The van der Waals surface area contributed by atoms with Crippen molar-refractivity contribution in [1.29, 1.82) is 0 Å². The minimum absolute atomic E-state index is 0. The Bertz CT molecular complexity index is 25.9. The van der Waals surface area contributed by atoms with Gasteiger partial charge in [-0.2, -0.15) is 0 Å². The molecule has 1 aliphatic rings. The van der Waals surface area contributed by atoms with E-state index in [-0.39, 0.29) is 116 Å². The Morgan fingerprint density at radius 2 is 1.25 bits per heavy atom. The molecule has 1 rings (SSSR count). The zero-order chi connectivity index (χ0) is 4.24. The van der Waals surface area contributed by atoms with Crippen LogP contribution < -0.4 is 122 Å². The zero-order valence-corrected chi connectivity index (χ0v) is 15.9. The summed E-state index contributed by atoms with van der Waals surface area (Å²) >= 11 is 0. The number of rotatable bonds is 0. The molecule has 1 fully saturated rings. The van der Waals surface area contributed by atoms with Gasteiger partial charge in [0.2, 0.25) is 0 Å². The molecule has 36 valence electrons. The molecule has 0 bridgehead atoms. The molecule has 0 spiro atoms. The quantitative estimate of drug-likeness (QED) is 0.445. The summed E-state index contributed by atoms with van der Waals surface area (Å²) in [6, 6.07) is 0. The monoisotopic (exact) mass is 256 g/mol. The molecule has 1 heterocycles. The van der Waals surface area contributed by atoms with Gasteiger partial charge in [-0.25, -0.2) is 0 Å². The van der Waals surface area contributed by atoms with E-state index < -0.39 is 0 Å². The van der Waals surface area contributed by atoms with Crippen LogP contribution in [0.4, 0.5) is 0 Å². The topological polar surface area (TPSA) is 16.6 Å². The molecule has 0 aromatic rings. The second kappa shape index (κ2) is 10.6. The first kappa shape index (κ1) is 14.1. The second-order valence-electron chi connectivity index (χ2n) is 1.93. The third-order valence-electron chi connectivity index (χ3n) is 1.32. The number of quaternary nitrogens is 1. The van der Waals surface area contributed by atoms with Gasteiger partial charge in [-0.05, 0) is 19.3 Å². The average Bonchev–Trinajstić information content (AvgIpc) is 1.72. The van der Waals surface area contributed by atoms with Crippen LogP contribution in [0.25, 0.3) is 0 Å². The van der Waals surface area contributed by atoms with Crippen LogP contribution in [0.15, 0.2) is 0 Å². The largest absolute Gasteiger partial charge is 1.00 e. The zero-order valence-electron chi connectivity index (χ0n) is 6.11. The molecular weight excluding hydrogens is 245 g/mol. The maximum Gasteiger partial charge on any atom is 1.00 e. The van der Waals surface area contributed by atoms with Crippen LogP contribution in [0.1, 0.15) is 19.3 Å². The first-order valence-corrected chi connectivity index (χ1v) is 2.82. The Kier molecular flexibility index (Phi) is 18.6. The van der Waals surface area contributed by atoms with Gasteiger partial charge < -0.3 is 5.32 Å². The van der Waals surface area contributed by atoms with Crippen molar-refractivity contribution in [2.24, 2.45) is 0 Å². The van der Waals surface area contributed by atoms with Gasteiger partial charge in [0.15, 0.2) is 0 Å². The van der Waals surface area contributed by atoms with Crippen molar-refractivity contribution in [1.82, 2.24) is 0 Å². The molecule has 0 saturated carbocycles. The first-order valence-electron chi connectivity index (χ1n) is 2.82. The van der Waals surface area contributed by atoms with Crippen molar-refractivity contribution in [2.45, 2.75) is 19.3 Å². The third-order valence-corrected chi connectivity index (χ3v) is 1.32. The maximum atomic E-state index is 2.39. The smallest absolute Gasteiger partial charge is 0.346 e. The second-order valence-corrected chi connectivity index (χ2v) is 1.93. The van der Waals surface area contributed by atoms with Crippen molar-refractivity contribution in [3.63, 3.8) is 0 Å². The van der Waals surface area contributed by atoms with E-state index in [0.29, 0.717) is 0 Å². The van der Waals surface area contributed by atoms with E-state index in [9.17, 15) is 0 Å². The molecule has 1 aliphatic heterocycles. The van der Waals surface area contributed by atoms with Gasteiger partial charge in [0, 0.05) is 0 Å². The van der Waals surface area contributed by atoms with Gasteiger partial charge in [-0.15, -0.1) is 0 Å². The van der Waals surface area contributed by atoms with Crippen molar-refractivity contribution in [3.05, 3.63) is 0 Å². The van der Waals surface area contributed by atoms with Crippen LogP contribution in [-0.2, 0) is 0 Å². The Balaban J connectivity index is 0. The molecule has 0 aromatic carbocycles. The van der Waals surface area contributed by atoms with Crippen molar-refractivity contribution in [2.75, 3.05) is 13.1 Å². The van der Waals surface area contributed by atoms with E-state index in [4.69, 9.17) is 0 Å². The predicted octanol–water partition coefficient (Wildman–Crippen LogP) is -6.26. The normalized spacial score (nSPS) is 18.0. The standard InChI is InChI=1S/C5H11N.2Rb/c1-2-4-6-5-3-1;;/h6H,1-5H2;;/q;2*+1/p+1. The van der Waals surface area contributed by atoms with Crippen molar-refractivity contribution >= 4 is 0 Å². The fraction of sp³-hybridized carbons (Fsp3) is 1.00. The molecule has 0 amide bonds. The first-order chi connectivity index (χ1) is 3.00. The van der Waals surface area contributed by atoms with Crippen LogP contribution in [-0.4, -0.2) is 13.1 Å². The van der Waals surface area contributed by atoms with Crippen LogP contribution in [0.5, 0.6) is 0 Å². The molecule has 3 heteroatoms. The van der Waals surface area contributed by atoms with Crippen molar-refractivity contribution in [3.8, 4) is 0 Å². The summed E-state index contributed by atoms with van der Waals surface area (Å²) in [5.41, 5.74) is 0. The van der Waals surface area contributed by atoms with Crippen LogP contribution in [0.3, 0.4) is 0 Å². The van der Waals surface area contributed by atoms with Gasteiger partial charge >= 0.3 is 116 Å². The Hall–Kier alpha value is 3.57. The average molecular weight is 257 g/mol. The van der Waals surface area contributed by atoms with E-state index in [1.165, 1.54) is 32.4 Å². The Morgan fingerprint density at radius 1 is 0.750 bits per heavy atom. The van der Waals surface area contributed by atoms with E-state index in [1.807, 2.05) is 0 Å². The Labute approximate surface area is 149 Å². The summed E-state index contributed by atoms with van der Waals surface area (Å²) < 4.78 is 0. The minimum Gasteiger partial charge on any atom is -0.346 e. The predicted molar refractivity (Wildman–Crippen MR) is 25.5 cm³/mol. The fourth-order valence-corrected chi connectivity index (χ4v) is 0.898. The van der Waals surface area contributed by atoms with Crippen molar-refractivity contribution < 1.29 is 122 Å². The molecular formula is C5H12NRb2+3. The van der Waals surface area contributed by atoms with E-state index in [1.54, 1.807) is 0 Å². The Morgan fingerprint density at radius 3 is 1.38 bits per heavy atom. The van der Waals surface area contributed by atoms with Gasteiger partial charge in [-0.1, -0.05) is 0 Å². The molecule has 0 aliphatic carbocycles. The minimum atomic E-state index is 0. The maximum absolute atomic E-state index is 2.39. The van der Waals surface area contributed by atoms with Crippen LogP contribution >= 0.6 is 0 Å². The number of piperidine rings is 1. The molecule has 1 nitrogen and oxygen atoms in total. The summed E-state index contributed by atoms with van der Waals surface area (Å²) in [6.45, 7) is 2.75. The van der Waals surface area contributed by atoms with Crippen LogP contribution in [0, 0.1) is 0 Å². The molecule has 8 heavy (non-hydrogen) atoms. The van der Waals surface area contributed by atoms with Gasteiger partial charge in [0.1, 0.15) is 0 Å². The molecule has 2 N–H and O–H groups in total. The van der Waals surface area contributed by atoms with Gasteiger partial charge in [-0.3, -0.25) is 0 Å². The fourth-order valence-electron chi connectivity index (χ4n) is 0.898. The number of hydrogen-bond donors (Lipinski definition) is 1. The molecule has 1 saturated heterocycles. The summed E-state index contributed by atoms with van der Waals surface area (Å²) in [7, 11) is 0. The van der Waals surface area contributed by atoms with E-state index in [0.717, 1.165) is 0 Å². The summed E-state index contributed by atoms with van der Waals surface area (Å²) in [5.74, 6) is 0. The number of nitrogens with two attached hydrogens (primary N) is 1. The van der Waals surface area contributed by atoms with Gasteiger partial charge in [0.25, 0.3) is 0 Å². The van der Waals surface area contributed by atoms with E-state index in [2.05, 4.69) is 5.32 Å². The summed E-state index contributed by atoms with van der Waals surface area (Å²) in [4.78, 5) is 0. The van der Waals surface area contributed by atoms with E-state index >= 15 is 0 Å².